The highest BCUT2D eigenvalue weighted by Crippen LogP contribution is 2.42. The van der Waals surface area contributed by atoms with Crippen LogP contribution < -0.4 is 0 Å². The lowest BCUT2D eigenvalue weighted by atomic mass is 9.99. The molecule has 0 aliphatic rings. The summed E-state index contributed by atoms with van der Waals surface area (Å²) in [6, 6.07) is 42.3. The molecule has 0 fully saturated rings. The summed E-state index contributed by atoms with van der Waals surface area (Å²) in [6.07, 6.45) is 0. The quantitative estimate of drug-likeness (QED) is 0.170. The predicted octanol–water partition coefficient (Wildman–Crippen LogP) is 13.7. The SMILES string of the molecule is [2H]c1ccc2c(c1)c1c([2H])c([2H])cc([2H])c1n2-c1ccccc1-c1nc(-c2ccccc2)nc(-c2cccc(-c3cccc4c3sc3ccc(-c5c([2H])c([2H])c([2H])c([2H])c5[2H])cc34)c2)n1. The number of para-hydroxylation sites is 3. The first kappa shape index (κ1) is 24.2. The summed E-state index contributed by atoms with van der Waals surface area (Å²) in [6.45, 7) is 0. The van der Waals surface area contributed by atoms with Crippen molar-refractivity contribution in [2.45, 2.75) is 0 Å². The van der Waals surface area contributed by atoms with Gasteiger partial charge < -0.3 is 4.57 Å². The highest BCUT2D eigenvalue weighted by atomic mass is 32.1. The van der Waals surface area contributed by atoms with Gasteiger partial charge >= 0.3 is 0 Å². The predicted molar refractivity (Wildman–Crippen MR) is 234 cm³/mol. The summed E-state index contributed by atoms with van der Waals surface area (Å²) in [5, 5.41) is 2.93. The molecule has 11 rings (SSSR count). The zero-order valence-electron chi connectivity index (χ0n) is 38.5. The zero-order chi connectivity index (χ0) is 44.8. The summed E-state index contributed by atoms with van der Waals surface area (Å²) in [5.41, 5.74) is 6.60. The van der Waals surface area contributed by atoms with Crippen LogP contribution in [0.5, 0.6) is 0 Å². The first-order chi connectivity index (χ1) is 31.5. The number of thiophene rings is 1. The Morgan fingerprint density at radius 1 is 0.411 bits per heavy atom. The maximum atomic E-state index is 9.06. The van der Waals surface area contributed by atoms with Gasteiger partial charge in [0.15, 0.2) is 17.5 Å². The average Bonchev–Trinajstić information content (AvgIpc) is 3.88. The van der Waals surface area contributed by atoms with Crippen molar-refractivity contribution < 1.29 is 12.3 Å². The van der Waals surface area contributed by atoms with Gasteiger partial charge in [0, 0.05) is 47.6 Å². The molecule has 0 atom stereocenters. The highest BCUT2D eigenvalue weighted by molar-refractivity contribution is 7.26. The Balaban J connectivity index is 1.08. The molecule has 0 spiro atoms. The second kappa shape index (κ2) is 13.3. The van der Waals surface area contributed by atoms with E-state index in [0.717, 1.165) is 42.4 Å². The topological polar surface area (TPSA) is 43.6 Å². The molecule has 0 unspecified atom stereocenters. The first-order valence-electron chi connectivity index (χ1n) is 22.5. The maximum Gasteiger partial charge on any atom is 0.166 e. The van der Waals surface area contributed by atoms with Crippen LogP contribution in [0.1, 0.15) is 12.3 Å². The molecule has 0 saturated heterocycles. The molecule has 0 N–H and O–H groups in total. The van der Waals surface area contributed by atoms with E-state index in [1.807, 2.05) is 114 Å². The number of aromatic nitrogens is 4. The zero-order valence-corrected chi connectivity index (χ0v) is 30.3. The highest BCUT2D eigenvalue weighted by Gasteiger charge is 2.19. The van der Waals surface area contributed by atoms with Crippen LogP contribution in [0, 0.1) is 0 Å². The fourth-order valence-corrected chi connectivity index (χ4v) is 8.72. The van der Waals surface area contributed by atoms with Crippen molar-refractivity contribution in [2.75, 3.05) is 0 Å². The molecule has 4 nitrogen and oxygen atoms in total. The van der Waals surface area contributed by atoms with E-state index in [1.165, 1.54) is 6.07 Å². The Kier molecular flexibility index (Phi) is 5.75. The monoisotopic (exact) mass is 741 g/mol. The minimum Gasteiger partial charge on any atom is -0.309 e. The van der Waals surface area contributed by atoms with Gasteiger partial charge in [-0.25, -0.2) is 15.0 Å². The Hall–Kier alpha value is -7.21. The molecule has 0 saturated carbocycles. The minimum atomic E-state index is -0.423. The van der Waals surface area contributed by atoms with Crippen molar-refractivity contribution in [2.24, 2.45) is 0 Å². The molecular weight excluding hydrogens is 701 g/mol. The number of benzene rings is 8. The van der Waals surface area contributed by atoms with E-state index in [9.17, 15) is 0 Å². The third kappa shape index (κ3) is 5.40. The van der Waals surface area contributed by atoms with Gasteiger partial charge in [0.1, 0.15) is 0 Å². The molecule has 0 aliphatic carbocycles. The van der Waals surface area contributed by atoms with E-state index in [2.05, 4.69) is 12.1 Å². The molecule has 3 aromatic heterocycles. The molecule has 8 aromatic carbocycles. The maximum absolute atomic E-state index is 9.06. The van der Waals surface area contributed by atoms with Crippen molar-refractivity contribution >= 4 is 53.3 Å². The van der Waals surface area contributed by atoms with Gasteiger partial charge in [-0.15, -0.1) is 11.3 Å². The second-order valence-corrected chi connectivity index (χ2v) is 14.4. The molecule has 262 valence electrons. The van der Waals surface area contributed by atoms with Crippen LogP contribution in [0.25, 0.3) is 104 Å². The summed E-state index contributed by atoms with van der Waals surface area (Å²) < 4.78 is 80.5. The van der Waals surface area contributed by atoms with Gasteiger partial charge in [0.05, 0.1) is 29.1 Å². The van der Waals surface area contributed by atoms with Crippen LogP contribution in [-0.2, 0) is 0 Å². The van der Waals surface area contributed by atoms with Crippen molar-refractivity contribution in [3.8, 4) is 62.1 Å². The van der Waals surface area contributed by atoms with Crippen molar-refractivity contribution in [3.05, 3.63) is 194 Å². The Bertz CT molecular complexity index is 3760. The summed E-state index contributed by atoms with van der Waals surface area (Å²) in [7, 11) is 0. The minimum absolute atomic E-state index is 0.0130. The summed E-state index contributed by atoms with van der Waals surface area (Å²) in [4.78, 5) is 15.3. The lowest BCUT2D eigenvalue weighted by Gasteiger charge is -2.14. The lowest BCUT2D eigenvalue weighted by molar-refractivity contribution is 1.06. The third-order valence-corrected chi connectivity index (χ3v) is 11.3. The Morgan fingerprint density at radius 3 is 2.09 bits per heavy atom. The number of hydrogen-bond donors (Lipinski definition) is 0. The summed E-state index contributed by atoms with van der Waals surface area (Å²) in [5.74, 6) is 1.28. The van der Waals surface area contributed by atoms with E-state index in [-0.39, 0.29) is 53.9 Å². The van der Waals surface area contributed by atoms with Crippen molar-refractivity contribution in [1.82, 2.24) is 19.5 Å². The van der Waals surface area contributed by atoms with Crippen LogP contribution in [0.3, 0.4) is 0 Å². The molecule has 11 aromatic rings. The van der Waals surface area contributed by atoms with Gasteiger partial charge in [-0.05, 0) is 64.7 Å². The number of rotatable bonds is 6. The summed E-state index contributed by atoms with van der Waals surface area (Å²) >= 11 is 1.62. The van der Waals surface area contributed by atoms with Crippen LogP contribution in [-0.4, -0.2) is 19.5 Å². The van der Waals surface area contributed by atoms with E-state index in [4.69, 9.17) is 27.3 Å². The molecule has 5 heteroatoms. The van der Waals surface area contributed by atoms with Gasteiger partial charge in [-0.1, -0.05) is 151 Å². The van der Waals surface area contributed by atoms with Crippen LogP contribution >= 0.6 is 11.3 Å². The lowest BCUT2D eigenvalue weighted by Crippen LogP contribution is -2.03. The fraction of sp³-hybridized carbons (Fsp3) is 0. The van der Waals surface area contributed by atoms with E-state index >= 15 is 0 Å². The van der Waals surface area contributed by atoms with Crippen LogP contribution in [0.4, 0.5) is 0 Å². The second-order valence-electron chi connectivity index (χ2n) is 13.3. The van der Waals surface area contributed by atoms with Crippen molar-refractivity contribution in [3.63, 3.8) is 0 Å². The smallest absolute Gasteiger partial charge is 0.166 e. The Morgan fingerprint density at radius 2 is 1.18 bits per heavy atom. The van der Waals surface area contributed by atoms with Gasteiger partial charge in [0.2, 0.25) is 0 Å². The first-order valence-corrected chi connectivity index (χ1v) is 18.8. The van der Waals surface area contributed by atoms with Crippen molar-refractivity contribution in [1.29, 1.82) is 0 Å². The fourth-order valence-electron chi connectivity index (χ4n) is 7.50. The Labute approximate surface area is 340 Å². The standard InChI is InChI=1S/C51H32N4S/c1-3-15-33(16-4-1)35-29-30-47-43(32-35)41-25-14-24-38(48(41)56-47)36-19-13-20-37(31-36)50-52-49(34-17-5-2-6-18-34)53-51(54-50)42-23-9-12-28-46(42)55-44-26-10-7-21-39(44)40-22-8-11-27-45(40)55/h1-32H/i1D,3D,4D,7D,8D,15D,16D,21D,26D. The van der Waals surface area contributed by atoms with Gasteiger partial charge in [0.25, 0.3) is 0 Å². The molecular formula is C51H32N4S. The van der Waals surface area contributed by atoms with Gasteiger partial charge in [-0.2, -0.15) is 0 Å². The largest absolute Gasteiger partial charge is 0.309 e. The molecule has 0 amide bonds. The molecule has 3 heterocycles. The number of hydrogen-bond acceptors (Lipinski definition) is 4. The van der Waals surface area contributed by atoms with E-state index in [0.29, 0.717) is 56.1 Å². The molecule has 0 radical (unpaired) electrons. The normalized spacial score (nSPS) is 13.8. The third-order valence-electron chi connectivity index (χ3n) is 10.1. The van der Waals surface area contributed by atoms with Crippen LogP contribution in [0.15, 0.2) is 194 Å². The molecule has 0 bridgehead atoms. The number of nitrogens with zero attached hydrogens (tertiary/aromatic N) is 4. The number of fused-ring (bicyclic) bond motifs is 6. The molecule has 56 heavy (non-hydrogen) atoms. The molecule has 0 aliphatic heterocycles. The average molecular weight is 742 g/mol. The van der Waals surface area contributed by atoms with Crippen LogP contribution in [0.2, 0.25) is 0 Å². The van der Waals surface area contributed by atoms with E-state index in [1.54, 1.807) is 23.5 Å². The van der Waals surface area contributed by atoms with Gasteiger partial charge in [-0.3, -0.25) is 0 Å². The van der Waals surface area contributed by atoms with E-state index < -0.39 is 6.04 Å².